The van der Waals surface area contributed by atoms with Crippen molar-refractivity contribution in [2.45, 2.75) is 24.2 Å². The van der Waals surface area contributed by atoms with Gasteiger partial charge in [-0.15, -0.1) is 12.4 Å². The lowest BCUT2D eigenvalue weighted by Crippen LogP contribution is -2.29. The molecule has 2 rings (SSSR count). The number of hydrogen-bond donors (Lipinski definition) is 2. The second kappa shape index (κ2) is 9.12. The fraction of sp³-hybridized carbons (Fsp3) is 0.533. The smallest absolute Gasteiger partial charge is 0.220 e. The van der Waals surface area contributed by atoms with E-state index < -0.39 is 9.84 Å². The molecule has 0 aliphatic carbocycles. The number of carbonyl (C=O) groups excluding carboxylic acids is 1. The zero-order chi connectivity index (χ0) is 15.1. The average Bonchev–Trinajstić information content (AvgIpc) is 2.99. The van der Waals surface area contributed by atoms with Gasteiger partial charge in [0.1, 0.15) is 0 Å². The molecule has 0 aromatic heterocycles. The summed E-state index contributed by atoms with van der Waals surface area (Å²) in [6, 6.07) is 8.31. The summed E-state index contributed by atoms with van der Waals surface area (Å²) in [6.45, 7) is 2.18. The fourth-order valence-electron chi connectivity index (χ4n) is 2.45. The van der Waals surface area contributed by atoms with Crippen LogP contribution < -0.4 is 10.6 Å². The van der Waals surface area contributed by atoms with E-state index in [1.807, 2.05) is 0 Å². The number of benzene rings is 1. The Kier molecular flexibility index (Phi) is 7.85. The highest BCUT2D eigenvalue weighted by Gasteiger charge is 2.17. The zero-order valence-electron chi connectivity index (χ0n) is 12.5. The maximum atomic E-state index is 12.0. The summed E-state index contributed by atoms with van der Waals surface area (Å²) in [7, 11) is -3.31. The van der Waals surface area contributed by atoms with Gasteiger partial charge in [-0.25, -0.2) is 8.42 Å². The molecule has 1 aromatic carbocycles. The molecular formula is C15H23ClN2O3S. The zero-order valence-corrected chi connectivity index (χ0v) is 14.1. The lowest BCUT2D eigenvalue weighted by atomic mass is 10.0. The monoisotopic (exact) mass is 346 g/mol. The predicted octanol–water partition coefficient (Wildman–Crippen LogP) is 1.39. The summed E-state index contributed by atoms with van der Waals surface area (Å²) >= 11 is 0. The van der Waals surface area contributed by atoms with Crippen molar-refractivity contribution < 1.29 is 13.2 Å². The Balaban J connectivity index is 0.00000242. The van der Waals surface area contributed by atoms with E-state index in [1.165, 1.54) is 0 Å². The highest BCUT2D eigenvalue weighted by molar-refractivity contribution is 7.91. The molecule has 22 heavy (non-hydrogen) atoms. The molecule has 1 heterocycles. The highest BCUT2D eigenvalue weighted by Crippen LogP contribution is 2.14. The molecule has 1 aromatic rings. The molecule has 1 unspecified atom stereocenters. The molecule has 1 atom stereocenters. The minimum absolute atomic E-state index is 0. The fourth-order valence-corrected chi connectivity index (χ4v) is 3.63. The lowest BCUT2D eigenvalue weighted by Gasteiger charge is -2.09. The number of nitrogens with one attached hydrogen (secondary N) is 2. The summed E-state index contributed by atoms with van der Waals surface area (Å²) in [4.78, 5) is 12.0. The van der Waals surface area contributed by atoms with E-state index in [-0.39, 0.29) is 30.6 Å². The Labute approximate surface area is 138 Å². The molecule has 1 amide bonds. The molecule has 0 bridgehead atoms. The molecule has 2 N–H and O–H groups in total. The van der Waals surface area contributed by atoms with E-state index in [0.717, 1.165) is 25.9 Å². The van der Waals surface area contributed by atoms with E-state index in [2.05, 4.69) is 10.6 Å². The SMILES string of the molecule is Cl.O=C(CCC1CCNC1)NCCS(=O)(=O)c1ccccc1. The van der Waals surface area contributed by atoms with Gasteiger partial charge in [0.05, 0.1) is 10.6 Å². The first-order valence-electron chi connectivity index (χ1n) is 7.33. The van der Waals surface area contributed by atoms with Gasteiger partial charge in [-0.1, -0.05) is 18.2 Å². The van der Waals surface area contributed by atoms with Gasteiger partial charge in [-0.05, 0) is 44.0 Å². The minimum Gasteiger partial charge on any atom is -0.355 e. The predicted molar refractivity (Wildman–Crippen MR) is 89.0 cm³/mol. The summed E-state index contributed by atoms with van der Waals surface area (Å²) in [5.41, 5.74) is 0. The van der Waals surface area contributed by atoms with Gasteiger partial charge < -0.3 is 10.6 Å². The molecule has 0 saturated carbocycles. The molecule has 7 heteroatoms. The topological polar surface area (TPSA) is 75.3 Å². The van der Waals surface area contributed by atoms with Crippen LogP contribution in [0.1, 0.15) is 19.3 Å². The number of hydrogen-bond acceptors (Lipinski definition) is 4. The van der Waals surface area contributed by atoms with Crippen LogP contribution in [0.5, 0.6) is 0 Å². The number of sulfone groups is 1. The first-order chi connectivity index (χ1) is 10.1. The average molecular weight is 347 g/mol. The first kappa shape index (κ1) is 18.9. The summed E-state index contributed by atoms with van der Waals surface area (Å²) in [6.07, 6.45) is 2.46. The van der Waals surface area contributed by atoms with Gasteiger partial charge in [-0.2, -0.15) is 0 Å². The van der Waals surface area contributed by atoms with E-state index in [4.69, 9.17) is 0 Å². The standard InChI is InChI=1S/C15H22N2O3S.ClH/c18-15(7-6-13-8-9-16-12-13)17-10-11-21(19,20)14-4-2-1-3-5-14;/h1-5,13,16H,6-12H2,(H,17,18);1H. The molecule has 1 saturated heterocycles. The molecule has 1 aliphatic heterocycles. The number of carbonyl (C=O) groups is 1. The quantitative estimate of drug-likeness (QED) is 0.782. The third-order valence-corrected chi connectivity index (χ3v) is 5.47. The molecule has 0 spiro atoms. The Hall–Kier alpha value is -1.11. The van der Waals surface area contributed by atoms with Crippen molar-refractivity contribution in [3.8, 4) is 0 Å². The minimum atomic E-state index is -3.31. The van der Waals surface area contributed by atoms with Crippen LogP contribution in [0.2, 0.25) is 0 Å². The molecule has 0 radical (unpaired) electrons. The third kappa shape index (κ3) is 5.94. The van der Waals surface area contributed by atoms with Crippen LogP contribution in [0.15, 0.2) is 35.2 Å². The Morgan fingerprint density at radius 2 is 2.00 bits per heavy atom. The summed E-state index contributed by atoms with van der Waals surface area (Å²) in [5.74, 6) is 0.447. The van der Waals surface area contributed by atoms with Crippen molar-refractivity contribution in [3.63, 3.8) is 0 Å². The third-order valence-electron chi connectivity index (χ3n) is 3.74. The van der Waals surface area contributed by atoms with Crippen molar-refractivity contribution in [3.05, 3.63) is 30.3 Å². The van der Waals surface area contributed by atoms with Crippen LogP contribution in [-0.4, -0.2) is 39.7 Å². The number of amides is 1. The van der Waals surface area contributed by atoms with Crippen molar-refractivity contribution in [1.29, 1.82) is 0 Å². The van der Waals surface area contributed by atoms with Crippen molar-refractivity contribution in [1.82, 2.24) is 10.6 Å². The maximum Gasteiger partial charge on any atom is 0.220 e. The molecule has 1 aliphatic rings. The Morgan fingerprint density at radius 1 is 1.27 bits per heavy atom. The summed E-state index contributed by atoms with van der Waals surface area (Å²) in [5, 5.41) is 5.96. The van der Waals surface area contributed by atoms with Crippen LogP contribution >= 0.6 is 12.4 Å². The van der Waals surface area contributed by atoms with Gasteiger partial charge >= 0.3 is 0 Å². The largest absolute Gasteiger partial charge is 0.355 e. The molecule has 5 nitrogen and oxygen atoms in total. The van der Waals surface area contributed by atoms with Crippen LogP contribution in [0.25, 0.3) is 0 Å². The summed E-state index contributed by atoms with van der Waals surface area (Å²) < 4.78 is 24.0. The van der Waals surface area contributed by atoms with Crippen LogP contribution in [0.4, 0.5) is 0 Å². The molecular weight excluding hydrogens is 324 g/mol. The van der Waals surface area contributed by atoms with Crippen molar-refractivity contribution in [2.24, 2.45) is 5.92 Å². The lowest BCUT2D eigenvalue weighted by molar-refractivity contribution is -0.121. The van der Waals surface area contributed by atoms with E-state index in [9.17, 15) is 13.2 Å². The van der Waals surface area contributed by atoms with Gasteiger partial charge in [0.15, 0.2) is 9.84 Å². The normalized spacial score (nSPS) is 17.7. The number of halogens is 1. The Morgan fingerprint density at radius 3 is 2.64 bits per heavy atom. The van der Waals surface area contributed by atoms with Crippen LogP contribution in [0.3, 0.4) is 0 Å². The first-order valence-corrected chi connectivity index (χ1v) is 8.98. The van der Waals surface area contributed by atoms with Crippen molar-refractivity contribution >= 4 is 28.2 Å². The second-order valence-electron chi connectivity index (χ2n) is 5.38. The van der Waals surface area contributed by atoms with E-state index in [0.29, 0.717) is 17.2 Å². The maximum absolute atomic E-state index is 12.0. The second-order valence-corrected chi connectivity index (χ2v) is 7.49. The van der Waals surface area contributed by atoms with Gasteiger partial charge in [0.2, 0.25) is 5.91 Å². The number of rotatable bonds is 7. The molecule has 124 valence electrons. The highest BCUT2D eigenvalue weighted by atomic mass is 35.5. The van der Waals surface area contributed by atoms with Crippen LogP contribution in [0, 0.1) is 5.92 Å². The van der Waals surface area contributed by atoms with Gasteiger partial charge in [0.25, 0.3) is 0 Å². The van der Waals surface area contributed by atoms with E-state index >= 15 is 0 Å². The van der Waals surface area contributed by atoms with Gasteiger partial charge in [-0.3, -0.25) is 4.79 Å². The molecule has 1 fully saturated rings. The Bertz CT molecular complexity index is 557. The van der Waals surface area contributed by atoms with Crippen molar-refractivity contribution in [2.75, 3.05) is 25.4 Å². The van der Waals surface area contributed by atoms with Gasteiger partial charge in [0, 0.05) is 13.0 Å². The van der Waals surface area contributed by atoms with E-state index in [1.54, 1.807) is 30.3 Å². The van der Waals surface area contributed by atoms with Crippen LogP contribution in [-0.2, 0) is 14.6 Å².